The molecular weight excluding hydrogens is 410 g/mol. The van der Waals surface area contributed by atoms with Gasteiger partial charge in [-0.1, -0.05) is 91.0 Å². The number of hydrogen-bond acceptors (Lipinski definition) is 3. The van der Waals surface area contributed by atoms with Crippen LogP contribution in [0.15, 0.2) is 115 Å². The van der Waals surface area contributed by atoms with Gasteiger partial charge >= 0.3 is 5.97 Å². The summed E-state index contributed by atoms with van der Waals surface area (Å²) in [6.07, 6.45) is 0. The van der Waals surface area contributed by atoms with E-state index in [1.54, 1.807) is 0 Å². The lowest BCUT2D eigenvalue weighted by Gasteiger charge is -2.12. The number of benzene rings is 4. The third-order valence-electron chi connectivity index (χ3n) is 5.19. The number of nitrogens with zero attached hydrogens (tertiary/aromatic N) is 1. The standard InChI is InChI=1S/C15H15NO.C14H12O2/c1-16(2)14-10-8-13(9-11-14)15(17)12-6-4-3-5-7-12;15-14(16)13(11-7-3-1-4-8-11)12-9-5-2-6-10-12/h3-11H,1-2H3;1-10,13H,(H,15,16). The maximum atomic E-state index is 12.1. The fraction of sp³-hybridized carbons (Fsp3) is 0.103. The van der Waals surface area contributed by atoms with Crippen LogP contribution in [0.3, 0.4) is 0 Å². The molecule has 33 heavy (non-hydrogen) atoms. The highest BCUT2D eigenvalue weighted by Gasteiger charge is 2.21. The lowest BCUT2D eigenvalue weighted by molar-refractivity contribution is -0.137. The predicted octanol–water partition coefficient (Wildman–Crippen LogP) is 5.89. The van der Waals surface area contributed by atoms with E-state index >= 15 is 0 Å². The summed E-state index contributed by atoms with van der Waals surface area (Å²) < 4.78 is 0. The van der Waals surface area contributed by atoms with Gasteiger partial charge in [0.1, 0.15) is 5.92 Å². The second-order valence-corrected chi connectivity index (χ2v) is 7.73. The van der Waals surface area contributed by atoms with E-state index in [-0.39, 0.29) is 5.78 Å². The Balaban J connectivity index is 0.000000186. The predicted molar refractivity (Wildman–Crippen MR) is 133 cm³/mol. The molecule has 0 aliphatic carbocycles. The minimum absolute atomic E-state index is 0.0657. The molecule has 0 fully saturated rings. The third-order valence-corrected chi connectivity index (χ3v) is 5.19. The van der Waals surface area contributed by atoms with Crippen molar-refractivity contribution in [3.05, 3.63) is 138 Å². The van der Waals surface area contributed by atoms with Gasteiger partial charge in [-0.2, -0.15) is 0 Å². The molecule has 0 saturated heterocycles. The number of carboxylic acid groups (broad SMARTS) is 1. The molecule has 1 N–H and O–H groups in total. The number of carboxylic acids is 1. The largest absolute Gasteiger partial charge is 0.481 e. The summed E-state index contributed by atoms with van der Waals surface area (Å²) in [5.74, 6) is -1.34. The van der Waals surface area contributed by atoms with Crippen LogP contribution in [0.5, 0.6) is 0 Å². The van der Waals surface area contributed by atoms with E-state index in [0.717, 1.165) is 27.9 Å². The minimum Gasteiger partial charge on any atom is -0.481 e. The second kappa shape index (κ2) is 11.4. The van der Waals surface area contributed by atoms with Gasteiger partial charge in [0.15, 0.2) is 5.78 Å². The molecule has 0 aliphatic heterocycles. The van der Waals surface area contributed by atoms with Crippen molar-refractivity contribution in [1.29, 1.82) is 0 Å². The van der Waals surface area contributed by atoms with Crippen LogP contribution in [0.1, 0.15) is 33.0 Å². The highest BCUT2D eigenvalue weighted by Crippen LogP contribution is 2.24. The first kappa shape index (κ1) is 23.5. The van der Waals surface area contributed by atoms with Crippen LogP contribution in [-0.2, 0) is 4.79 Å². The van der Waals surface area contributed by atoms with Crippen molar-refractivity contribution in [2.45, 2.75) is 5.92 Å². The maximum absolute atomic E-state index is 12.1. The number of anilines is 1. The number of carbonyl (C=O) groups excluding carboxylic acids is 1. The molecule has 4 aromatic carbocycles. The number of ketones is 1. The quantitative estimate of drug-likeness (QED) is 0.382. The Morgan fingerprint density at radius 3 is 1.39 bits per heavy atom. The molecule has 166 valence electrons. The molecule has 0 unspecified atom stereocenters. The van der Waals surface area contributed by atoms with Crippen molar-refractivity contribution < 1.29 is 14.7 Å². The Hall–Kier alpha value is -4.18. The first-order valence-electron chi connectivity index (χ1n) is 10.7. The van der Waals surface area contributed by atoms with Gasteiger partial charge in [-0.3, -0.25) is 9.59 Å². The zero-order valence-electron chi connectivity index (χ0n) is 18.8. The van der Waals surface area contributed by atoms with E-state index in [1.807, 2.05) is 134 Å². The number of aliphatic carboxylic acids is 1. The molecule has 0 spiro atoms. The molecule has 4 aromatic rings. The highest BCUT2D eigenvalue weighted by molar-refractivity contribution is 6.09. The van der Waals surface area contributed by atoms with E-state index in [4.69, 9.17) is 0 Å². The van der Waals surface area contributed by atoms with Crippen LogP contribution < -0.4 is 4.90 Å². The van der Waals surface area contributed by atoms with Gasteiger partial charge in [-0.15, -0.1) is 0 Å². The van der Waals surface area contributed by atoms with E-state index in [2.05, 4.69) is 0 Å². The van der Waals surface area contributed by atoms with Gasteiger partial charge < -0.3 is 10.0 Å². The van der Waals surface area contributed by atoms with Crippen LogP contribution in [0.2, 0.25) is 0 Å². The Kier molecular flexibility index (Phi) is 8.14. The number of carbonyl (C=O) groups is 2. The second-order valence-electron chi connectivity index (χ2n) is 7.73. The lowest BCUT2D eigenvalue weighted by Crippen LogP contribution is -2.12. The Labute approximate surface area is 194 Å². The molecular formula is C29H27NO3. The van der Waals surface area contributed by atoms with Gasteiger partial charge in [-0.05, 0) is 35.4 Å². The Bertz CT molecular complexity index is 1120. The average molecular weight is 438 g/mol. The molecule has 0 aliphatic rings. The summed E-state index contributed by atoms with van der Waals surface area (Å²) in [5.41, 5.74) is 4.16. The van der Waals surface area contributed by atoms with Crippen molar-refractivity contribution in [2.75, 3.05) is 19.0 Å². The summed E-state index contributed by atoms with van der Waals surface area (Å²) in [5, 5.41) is 9.28. The van der Waals surface area contributed by atoms with Gasteiger partial charge in [-0.25, -0.2) is 0 Å². The monoisotopic (exact) mass is 437 g/mol. The fourth-order valence-corrected chi connectivity index (χ4v) is 3.44. The summed E-state index contributed by atoms with van der Waals surface area (Å²) in [6, 6.07) is 35.5. The van der Waals surface area contributed by atoms with E-state index in [9.17, 15) is 14.7 Å². The Morgan fingerprint density at radius 1 is 0.606 bits per heavy atom. The highest BCUT2D eigenvalue weighted by atomic mass is 16.4. The SMILES string of the molecule is CN(C)c1ccc(C(=O)c2ccccc2)cc1.O=C(O)C(c1ccccc1)c1ccccc1. The zero-order chi connectivity index (χ0) is 23.6. The molecule has 0 saturated carbocycles. The smallest absolute Gasteiger partial charge is 0.315 e. The van der Waals surface area contributed by atoms with E-state index in [1.165, 1.54) is 0 Å². The van der Waals surface area contributed by atoms with Gasteiger partial charge in [0.05, 0.1) is 0 Å². The number of hydrogen-bond donors (Lipinski definition) is 1. The van der Waals surface area contributed by atoms with Crippen LogP contribution in [0.25, 0.3) is 0 Å². The average Bonchev–Trinajstić information content (AvgIpc) is 2.86. The maximum Gasteiger partial charge on any atom is 0.315 e. The normalized spacial score (nSPS) is 10.2. The van der Waals surface area contributed by atoms with Crippen molar-refractivity contribution in [3.63, 3.8) is 0 Å². The van der Waals surface area contributed by atoms with E-state index < -0.39 is 11.9 Å². The van der Waals surface area contributed by atoms with Crippen LogP contribution in [0.4, 0.5) is 5.69 Å². The molecule has 0 atom stereocenters. The van der Waals surface area contributed by atoms with Crippen molar-refractivity contribution in [1.82, 2.24) is 0 Å². The summed E-state index contributed by atoms with van der Waals surface area (Å²) >= 11 is 0. The minimum atomic E-state index is -0.822. The van der Waals surface area contributed by atoms with Gasteiger partial charge in [0, 0.05) is 30.9 Å². The van der Waals surface area contributed by atoms with Crippen LogP contribution in [-0.4, -0.2) is 31.0 Å². The first-order chi connectivity index (χ1) is 16.0. The molecule has 4 nitrogen and oxygen atoms in total. The molecule has 0 amide bonds. The molecule has 0 heterocycles. The molecule has 4 rings (SSSR count). The zero-order valence-corrected chi connectivity index (χ0v) is 18.8. The fourth-order valence-electron chi connectivity index (χ4n) is 3.44. The molecule has 0 bridgehead atoms. The van der Waals surface area contributed by atoms with Crippen molar-refractivity contribution >= 4 is 17.4 Å². The van der Waals surface area contributed by atoms with Crippen LogP contribution in [0, 0.1) is 0 Å². The van der Waals surface area contributed by atoms with Crippen molar-refractivity contribution in [3.8, 4) is 0 Å². The lowest BCUT2D eigenvalue weighted by atomic mass is 9.92. The van der Waals surface area contributed by atoms with Crippen LogP contribution >= 0.6 is 0 Å². The molecule has 0 radical (unpaired) electrons. The van der Waals surface area contributed by atoms with Gasteiger partial charge in [0.25, 0.3) is 0 Å². The topological polar surface area (TPSA) is 57.6 Å². The molecule has 4 heteroatoms. The summed E-state index contributed by atoms with van der Waals surface area (Å²) in [6.45, 7) is 0. The molecule has 0 aromatic heterocycles. The Morgan fingerprint density at radius 2 is 1.00 bits per heavy atom. The summed E-state index contributed by atoms with van der Waals surface area (Å²) in [4.78, 5) is 25.4. The first-order valence-corrected chi connectivity index (χ1v) is 10.7. The van der Waals surface area contributed by atoms with Crippen molar-refractivity contribution in [2.24, 2.45) is 0 Å². The third kappa shape index (κ3) is 6.40. The van der Waals surface area contributed by atoms with E-state index in [0.29, 0.717) is 0 Å². The number of rotatable bonds is 6. The van der Waals surface area contributed by atoms with Gasteiger partial charge in [0.2, 0.25) is 0 Å². The summed E-state index contributed by atoms with van der Waals surface area (Å²) in [7, 11) is 3.96.